The van der Waals surface area contributed by atoms with Crippen molar-refractivity contribution in [2.24, 2.45) is 5.92 Å². The molecule has 0 saturated heterocycles. The van der Waals surface area contributed by atoms with E-state index in [4.69, 9.17) is 5.73 Å². The number of anilines is 2. The SMILES string of the molecule is Cc1cc(N)ccc1NC(=O)CS(=O)CC(C)C. The molecule has 1 unspecified atom stereocenters. The Kier molecular flexibility index (Phi) is 5.34. The van der Waals surface area contributed by atoms with Crippen molar-refractivity contribution in [3.63, 3.8) is 0 Å². The van der Waals surface area contributed by atoms with E-state index in [1.54, 1.807) is 18.2 Å². The van der Waals surface area contributed by atoms with Gasteiger partial charge in [-0.1, -0.05) is 13.8 Å². The number of aryl methyl sites for hydroxylation is 1. The number of hydrogen-bond acceptors (Lipinski definition) is 3. The van der Waals surface area contributed by atoms with Crippen molar-refractivity contribution >= 4 is 28.1 Å². The number of carbonyl (C=O) groups is 1. The van der Waals surface area contributed by atoms with Crippen molar-refractivity contribution in [1.29, 1.82) is 0 Å². The maximum Gasteiger partial charge on any atom is 0.236 e. The van der Waals surface area contributed by atoms with Gasteiger partial charge in [0.1, 0.15) is 5.75 Å². The van der Waals surface area contributed by atoms with Crippen LogP contribution in [0.5, 0.6) is 0 Å². The van der Waals surface area contributed by atoms with E-state index in [9.17, 15) is 9.00 Å². The second kappa shape index (κ2) is 6.54. The predicted molar refractivity (Wildman–Crippen MR) is 76.9 cm³/mol. The third kappa shape index (κ3) is 4.87. The molecule has 0 aliphatic heterocycles. The average molecular weight is 268 g/mol. The molecule has 0 radical (unpaired) electrons. The molecular weight excluding hydrogens is 248 g/mol. The Balaban J connectivity index is 2.57. The van der Waals surface area contributed by atoms with Gasteiger partial charge in [0.15, 0.2) is 0 Å². The molecule has 4 nitrogen and oxygen atoms in total. The van der Waals surface area contributed by atoms with Crippen LogP contribution in [0.25, 0.3) is 0 Å². The summed E-state index contributed by atoms with van der Waals surface area (Å²) in [5, 5.41) is 2.75. The van der Waals surface area contributed by atoms with Crippen molar-refractivity contribution in [3.8, 4) is 0 Å². The van der Waals surface area contributed by atoms with E-state index in [0.29, 0.717) is 17.4 Å². The van der Waals surface area contributed by atoms with Gasteiger partial charge < -0.3 is 11.1 Å². The Hall–Kier alpha value is -1.36. The molecule has 3 N–H and O–H groups in total. The molecule has 0 saturated carbocycles. The van der Waals surface area contributed by atoms with Gasteiger partial charge in [-0.05, 0) is 36.6 Å². The van der Waals surface area contributed by atoms with E-state index >= 15 is 0 Å². The van der Waals surface area contributed by atoms with Gasteiger partial charge in [0.2, 0.25) is 5.91 Å². The number of hydrogen-bond donors (Lipinski definition) is 2. The lowest BCUT2D eigenvalue weighted by molar-refractivity contribution is -0.113. The van der Waals surface area contributed by atoms with Crippen molar-refractivity contribution < 1.29 is 9.00 Å². The Labute approximate surface area is 110 Å². The van der Waals surface area contributed by atoms with Gasteiger partial charge in [-0.15, -0.1) is 0 Å². The van der Waals surface area contributed by atoms with Gasteiger partial charge in [-0.2, -0.15) is 0 Å². The van der Waals surface area contributed by atoms with E-state index in [0.717, 1.165) is 11.3 Å². The van der Waals surface area contributed by atoms with Crippen LogP contribution in [0.4, 0.5) is 11.4 Å². The highest BCUT2D eigenvalue weighted by Gasteiger charge is 2.10. The molecule has 1 aromatic carbocycles. The average Bonchev–Trinajstić information content (AvgIpc) is 2.20. The molecule has 0 aromatic heterocycles. The number of rotatable bonds is 5. The number of nitrogen functional groups attached to an aromatic ring is 1. The largest absolute Gasteiger partial charge is 0.399 e. The lowest BCUT2D eigenvalue weighted by atomic mass is 10.2. The van der Waals surface area contributed by atoms with E-state index in [-0.39, 0.29) is 11.7 Å². The van der Waals surface area contributed by atoms with Gasteiger partial charge >= 0.3 is 0 Å². The fraction of sp³-hybridized carbons (Fsp3) is 0.462. The Morgan fingerprint density at radius 2 is 2.11 bits per heavy atom. The number of amides is 1. The van der Waals surface area contributed by atoms with Crippen LogP contribution in [0.15, 0.2) is 18.2 Å². The van der Waals surface area contributed by atoms with Crippen LogP contribution in [0.1, 0.15) is 19.4 Å². The minimum absolute atomic E-state index is 0.0436. The second-order valence-electron chi connectivity index (χ2n) is 4.77. The van der Waals surface area contributed by atoms with Crippen LogP contribution in [0.2, 0.25) is 0 Å². The first-order valence-corrected chi connectivity index (χ1v) is 7.38. The number of nitrogens with two attached hydrogens (primary N) is 1. The summed E-state index contributed by atoms with van der Waals surface area (Å²) >= 11 is 0. The zero-order valence-corrected chi connectivity index (χ0v) is 11.8. The molecule has 0 bridgehead atoms. The zero-order chi connectivity index (χ0) is 13.7. The third-order valence-electron chi connectivity index (χ3n) is 2.34. The van der Waals surface area contributed by atoms with Crippen LogP contribution in [-0.2, 0) is 15.6 Å². The van der Waals surface area contributed by atoms with E-state index in [2.05, 4.69) is 5.32 Å². The molecule has 0 aliphatic rings. The number of benzene rings is 1. The highest BCUT2D eigenvalue weighted by molar-refractivity contribution is 7.85. The first kappa shape index (κ1) is 14.7. The van der Waals surface area contributed by atoms with Crippen molar-refractivity contribution in [2.45, 2.75) is 20.8 Å². The standard InChI is InChI=1S/C13H20N2O2S/c1-9(2)7-18(17)8-13(16)15-12-5-4-11(14)6-10(12)3/h4-6,9H,7-8,14H2,1-3H3,(H,15,16). The second-order valence-corrected chi connectivity index (χ2v) is 6.27. The predicted octanol–water partition coefficient (Wildman–Crippen LogP) is 1.92. The van der Waals surface area contributed by atoms with Gasteiger partial charge in [0.05, 0.1) is 0 Å². The highest BCUT2D eigenvalue weighted by atomic mass is 32.2. The fourth-order valence-electron chi connectivity index (χ4n) is 1.59. The van der Waals surface area contributed by atoms with E-state index in [1.807, 2.05) is 20.8 Å². The molecular formula is C13H20N2O2S. The maximum absolute atomic E-state index is 11.7. The van der Waals surface area contributed by atoms with Crippen molar-refractivity contribution in [1.82, 2.24) is 0 Å². The van der Waals surface area contributed by atoms with Gasteiger partial charge in [-0.25, -0.2) is 0 Å². The van der Waals surface area contributed by atoms with Gasteiger partial charge in [0.25, 0.3) is 0 Å². The first-order valence-electron chi connectivity index (χ1n) is 5.89. The molecule has 18 heavy (non-hydrogen) atoms. The van der Waals surface area contributed by atoms with Crippen LogP contribution in [0.3, 0.4) is 0 Å². The summed E-state index contributed by atoms with van der Waals surface area (Å²) in [5.41, 5.74) is 7.91. The Bertz CT molecular complexity index is 458. The van der Waals surface area contributed by atoms with Gasteiger partial charge in [-0.3, -0.25) is 9.00 Å². The molecule has 0 heterocycles. The third-order valence-corrected chi connectivity index (χ3v) is 3.96. The summed E-state index contributed by atoms with van der Waals surface area (Å²) in [6.07, 6.45) is 0. The monoisotopic (exact) mass is 268 g/mol. The summed E-state index contributed by atoms with van der Waals surface area (Å²) in [5.74, 6) is 0.703. The van der Waals surface area contributed by atoms with Crippen molar-refractivity contribution in [3.05, 3.63) is 23.8 Å². The molecule has 0 spiro atoms. The lowest BCUT2D eigenvalue weighted by Gasteiger charge is -2.09. The van der Waals surface area contributed by atoms with E-state index in [1.165, 1.54) is 0 Å². The Morgan fingerprint density at radius 3 is 2.67 bits per heavy atom. The highest BCUT2D eigenvalue weighted by Crippen LogP contribution is 2.17. The van der Waals surface area contributed by atoms with Crippen LogP contribution >= 0.6 is 0 Å². The minimum Gasteiger partial charge on any atom is -0.399 e. The molecule has 100 valence electrons. The minimum atomic E-state index is -1.10. The van der Waals surface area contributed by atoms with Gasteiger partial charge in [0, 0.05) is 27.9 Å². The molecule has 1 atom stereocenters. The summed E-state index contributed by atoms with van der Waals surface area (Å²) in [6, 6.07) is 5.28. The summed E-state index contributed by atoms with van der Waals surface area (Å²) in [7, 11) is -1.10. The first-order chi connectivity index (χ1) is 8.38. The van der Waals surface area contributed by atoms with Crippen LogP contribution in [0, 0.1) is 12.8 Å². The quantitative estimate of drug-likeness (QED) is 0.801. The van der Waals surface area contributed by atoms with Crippen LogP contribution in [-0.4, -0.2) is 21.6 Å². The molecule has 0 fully saturated rings. The molecule has 0 aliphatic carbocycles. The normalized spacial score (nSPS) is 12.4. The van der Waals surface area contributed by atoms with Crippen LogP contribution < -0.4 is 11.1 Å². The topological polar surface area (TPSA) is 72.2 Å². The molecule has 5 heteroatoms. The lowest BCUT2D eigenvalue weighted by Crippen LogP contribution is -2.22. The summed E-state index contributed by atoms with van der Waals surface area (Å²) in [4.78, 5) is 11.7. The van der Waals surface area contributed by atoms with Crippen molar-refractivity contribution in [2.75, 3.05) is 22.6 Å². The van der Waals surface area contributed by atoms with E-state index < -0.39 is 10.8 Å². The summed E-state index contributed by atoms with van der Waals surface area (Å²) < 4.78 is 11.6. The molecule has 1 rings (SSSR count). The smallest absolute Gasteiger partial charge is 0.236 e. The number of nitrogens with one attached hydrogen (secondary N) is 1. The maximum atomic E-state index is 11.7. The number of carbonyl (C=O) groups excluding carboxylic acids is 1. The zero-order valence-electron chi connectivity index (χ0n) is 11.0. The molecule has 1 aromatic rings. The summed E-state index contributed by atoms with van der Waals surface area (Å²) in [6.45, 7) is 5.84. The molecule has 1 amide bonds. The fourth-order valence-corrected chi connectivity index (χ4v) is 2.82. The Morgan fingerprint density at radius 1 is 1.44 bits per heavy atom.